The number of hydrogen-bond donors (Lipinski definition) is 1. The Bertz CT molecular complexity index is 995. The van der Waals surface area contributed by atoms with Gasteiger partial charge in [-0.1, -0.05) is 0 Å². The zero-order valence-electron chi connectivity index (χ0n) is 15.0. The van der Waals surface area contributed by atoms with Crippen LogP contribution in [0.25, 0.3) is 11.3 Å². The first-order valence-corrected chi connectivity index (χ1v) is 9.92. The average Bonchev–Trinajstić information content (AvgIpc) is 3.16. The molecule has 0 bridgehead atoms. The predicted molar refractivity (Wildman–Crippen MR) is 106 cm³/mol. The van der Waals surface area contributed by atoms with Crippen molar-refractivity contribution in [2.45, 2.75) is 4.90 Å². The van der Waals surface area contributed by atoms with Gasteiger partial charge in [-0.25, -0.2) is 13.8 Å². The van der Waals surface area contributed by atoms with Crippen molar-refractivity contribution >= 4 is 34.1 Å². The van der Waals surface area contributed by atoms with Gasteiger partial charge in [0.15, 0.2) is 16.8 Å². The highest BCUT2D eigenvalue weighted by molar-refractivity contribution is 8.00. The van der Waals surface area contributed by atoms with E-state index in [0.29, 0.717) is 27.2 Å². The lowest BCUT2D eigenvalue weighted by Crippen LogP contribution is -2.13. The maximum atomic E-state index is 13.2. The Labute approximate surface area is 168 Å². The van der Waals surface area contributed by atoms with Crippen LogP contribution in [-0.2, 0) is 4.79 Å². The molecule has 5 nitrogen and oxygen atoms in total. The number of methoxy groups -OCH3 is 2. The number of carbonyl (C=O) groups excluding carboxylic acids is 1. The highest BCUT2D eigenvalue weighted by Gasteiger charge is 2.13. The molecule has 3 rings (SSSR count). The molecule has 2 aromatic carbocycles. The maximum absolute atomic E-state index is 13.2. The Morgan fingerprint density at radius 2 is 1.96 bits per heavy atom. The van der Waals surface area contributed by atoms with Crippen LogP contribution >= 0.6 is 23.1 Å². The molecule has 0 fully saturated rings. The van der Waals surface area contributed by atoms with Crippen molar-refractivity contribution in [1.29, 1.82) is 0 Å². The average molecular weight is 422 g/mol. The highest BCUT2D eigenvalue weighted by atomic mass is 32.2. The summed E-state index contributed by atoms with van der Waals surface area (Å²) >= 11 is 2.38. The fourth-order valence-corrected chi connectivity index (χ4v) is 3.79. The minimum absolute atomic E-state index is 0.0441. The van der Waals surface area contributed by atoms with Gasteiger partial charge < -0.3 is 14.8 Å². The van der Waals surface area contributed by atoms with Gasteiger partial charge in [0.05, 0.1) is 25.7 Å². The minimum Gasteiger partial charge on any atom is -0.497 e. The number of halogens is 2. The largest absolute Gasteiger partial charge is 0.497 e. The molecule has 0 atom stereocenters. The van der Waals surface area contributed by atoms with Crippen molar-refractivity contribution in [3.63, 3.8) is 0 Å². The SMILES string of the molecule is COc1ccc(OC)c(-c2csc(NC(=O)CSc3ccc(F)c(F)c3)n2)c1. The fraction of sp³-hybridized carbons (Fsp3) is 0.158. The van der Waals surface area contributed by atoms with Crippen molar-refractivity contribution in [2.24, 2.45) is 0 Å². The molecule has 3 aromatic rings. The molecule has 0 saturated carbocycles. The van der Waals surface area contributed by atoms with E-state index < -0.39 is 11.6 Å². The molecular weight excluding hydrogens is 406 g/mol. The van der Waals surface area contributed by atoms with Crippen LogP contribution in [0.5, 0.6) is 11.5 Å². The van der Waals surface area contributed by atoms with Crippen molar-refractivity contribution in [3.8, 4) is 22.8 Å². The second-order valence-corrected chi connectivity index (χ2v) is 7.42. The zero-order chi connectivity index (χ0) is 20.1. The number of carbonyl (C=O) groups is 1. The number of thioether (sulfide) groups is 1. The monoisotopic (exact) mass is 422 g/mol. The second kappa shape index (κ2) is 9.03. The van der Waals surface area contributed by atoms with E-state index in [1.807, 2.05) is 0 Å². The van der Waals surface area contributed by atoms with E-state index in [4.69, 9.17) is 9.47 Å². The van der Waals surface area contributed by atoms with Crippen LogP contribution in [0.3, 0.4) is 0 Å². The molecule has 1 aromatic heterocycles. The molecule has 1 N–H and O–H groups in total. The zero-order valence-corrected chi connectivity index (χ0v) is 16.6. The summed E-state index contributed by atoms with van der Waals surface area (Å²) in [5, 5.41) is 4.93. The molecule has 0 aliphatic carbocycles. The number of hydrogen-bond acceptors (Lipinski definition) is 6. The Hall–Kier alpha value is -2.65. The number of nitrogens with one attached hydrogen (secondary N) is 1. The summed E-state index contributed by atoms with van der Waals surface area (Å²) in [7, 11) is 3.14. The van der Waals surface area contributed by atoms with Crippen LogP contribution < -0.4 is 14.8 Å². The summed E-state index contributed by atoms with van der Waals surface area (Å²) in [6.07, 6.45) is 0. The number of anilines is 1. The van der Waals surface area contributed by atoms with E-state index in [0.717, 1.165) is 29.5 Å². The van der Waals surface area contributed by atoms with Gasteiger partial charge >= 0.3 is 0 Å². The molecule has 0 aliphatic heterocycles. The third-order valence-electron chi connectivity index (χ3n) is 3.69. The van der Waals surface area contributed by atoms with Gasteiger partial charge in [0.2, 0.25) is 5.91 Å². The van der Waals surface area contributed by atoms with Crippen LogP contribution in [0.1, 0.15) is 0 Å². The second-order valence-electron chi connectivity index (χ2n) is 5.52. The Morgan fingerprint density at radius 1 is 1.14 bits per heavy atom. The van der Waals surface area contributed by atoms with E-state index in [9.17, 15) is 13.6 Å². The Kier molecular flexibility index (Phi) is 6.48. The normalized spacial score (nSPS) is 10.6. The highest BCUT2D eigenvalue weighted by Crippen LogP contribution is 2.35. The van der Waals surface area contributed by atoms with Gasteiger partial charge in [-0.05, 0) is 36.4 Å². The van der Waals surface area contributed by atoms with Crippen LogP contribution in [-0.4, -0.2) is 30.9 Å². The first kappa shape index (κ1) is 20.1. The molecule has 1 heterocycles. The lowest BCUT2D eigenvalue weighted by Gasteiger charge is -2.08. The van der Waals surface area contributed by atoms with Gasteiger partial charge in [-0.2, -0.15) is 0 Å². The smallest absolute Gasteiger partial charge is 0.236 e. The third-order valence-corrected chi connectivity index (χ3v) is 5.45. The summed E-state index contributed by atoms with van der Waals surface area (Å²) in [5.74, 6) is -0.814. The lowest BCUT2D eigenvalue weighted by molar-refractivity contribution is -0.113. The lowest BCUT2D eigenvalue weighted by atomic mass is 10.1. The van der Waals surface area contributed by atoms with Crippen LogP contribution in [0.2, 0.25) is 0 Å². The summed E-state index contributed by atoms with van der Waals surface area (Å²) in [6.45, 7) is 0. The number of aromatic nitrogens is 1. The minimum atomic E-state index is -0.942. The van der Waals surface area contributed by atoms with Gasteiger partial charge in [0, 0.05) is 15.8 Å². The van der Waals surface area contributed by atoms with Gasteiger partial charge in [-0.3, -0.25) is 4.79 Å². The van der Waals surface area contributed by atoms with E-state index in [1.165, 1.54) is 17.4 Å². The number of benzene rings is 2. The maximum Gasteiger partial charge on any atom is 0.236 e. The summed E-state index contributed by atoms with van der Waals surface area (Å²) in [6, 6.07) is 8.89. The van der Waals surface area contributed by atoms with Crippen LogP contribution in [0.15, 0.2) is 46.7 Å². The first-order valence-electron chi connectivity index (χ1n) is 8.05. The summed E-state index contributed by atoms with van der Waals surface area (Å²) in [5.41, 5.74) is 1.39. The molecule has 0 radical (unpaired) electrons. The first-order chi connectivity index (χ1) is 13.5. The molecule has 1 amide bonds. The van der Waals surface area contributed by atoms with Crippen LogP contribution in [0, 0.1) is 11.6 Å². The molecule has 0 saturated heterocycles. The van der Waals surface area contributed by atoms with Crippen molar-refractivity contribution in [1.82, 2.24) is 4.98 Å². The van der Waals surface area contributed by atoms with Gasteiger partial charge in [0.25, 0.3) is 0 Å². The number of ether oxygens (including phenoxy) is 2. The summed E-state index contributed by atoms with van der Waals surface area (Å²) in [4.78, 5) is 17.0. The molecule has 9 heteroatoms. The number of rotatable bonds is 7. The molecular formula is C19H16F2N2O3S2. The van der Waals surface area contributed by atoms with E-state index in [2.05, 4.69) is 10.3 Å². The molecule has 28 heavy (non-hydrogen) atoms. The van der Waals surface area contributed by atoms with E-state index in [-0.39, 0.29) is 11.7 Å². The number of amides is 1. The van der Waals surface area contributed by atoms with E-state index in [1.54, 1.807) is 37.8 Å². The Balaban J connectivity index is 1.66. The topological polar surface area (TPSA) is 60.5 Å². The standard InChI is InChI=1S/C19H16F2N2O3S2/c1-25-11-3-6-17(26-2)13(7-11)16-9-28-19(22-16)23-18(24)10-27-12-4-5-14(20)15(21)8-12/h3-9H,10H2,1-2H3,(H,22,23,24). The summed E-state index contributed by atoms with van der Waals surface area (Å²) < 4.78 is 36.7. The Morgan fingerprint density at radius 3 is 2.68 bits per heavy atom. The molecule has 146 valence electrons. The predicted octanol–water partition coefficient (Wildman–Crippen LogP) is 4.84. The number of thiazole rings is 1. The third kappa shape index (κ3) is 4.79. The quantitative estimate of drug-likeness (QED) is 0.553. The van der Waals surface area contributed by atoms with Gasteiger partial charge in [-0.15, -0.1) is 23.1 Å². The van der Waals surface area contributed by atoms with Crippen LogP contribution in [0.4, 0.5) is 13.9 Å². The van der Waals surface area contributed by atoms with Gasteiger partial charge in [0.1, 0.15) is 11.5 Å². The number of nitrogens with zero attached hydrogens (tertiary/aromatic N) is 1. The van der Waals surface area contributed by atoms with Crippen molar-refractivity contribution in [3.05, 3.63) is 53.4 Å². The molecule has 0 aliphatic rings. The molecule has 0 spiro atoms. The van der Waals surface area contributed by atoms with Crippen molar-refractivity contribution in [2.75, 3.05) is 25.3 Å². The van der Waals surface area contributed by atoms with Crippen molar-refractivity contribution < 1.29 is 23.0 Å². The molecule has 0 unspecified atom stereocenters. The fourth-order valence-electron chi connectivity index (χ4n) is 2.34. The van der Waals surface area contributed by atoms with E-state index >= 15 is 0 Å².